The second-order valence-corrected chi connectivity index (χ2v) is 4.49. The van der Waals surface area contributed by atoms with Gasteiger partial charge in [-0.15, -0.1) is 0 Å². The highest BCUT2D eigenvalue weighted by molar-refractivity contribution is 5.12. The Balaban J connectivity index is 2.06. The average Bonchev–Trinajstić information content (AvgIpc) is 2.69. The van der Waals surface area contributed by atoms with Crippen LogP contribution in [0.3, 0.4) is 0 Å². The second kappa shape index (κ2) is 5.62. The third-order valence-corrected chi connectivity index (χ3v) is 3.18. The molecule has 2 heterocycles. The fourth-order valence-electron chi connectivity index (χ4n) is 2.24. The van der Waals surface area contributed by atoms with Crippen molar-refractivity contribution in [1.29, 1.82) is 0 Å². The maximum absolute atomic E-state index is 9.02. The first-order chi connectivity index (χ1) is 8.24. The molecule has 1 atom stereocenters. The number of nitrogens with zero attached hydrogens (tertiary/aromatic N) is 3. The maximum atomic E-state index is 9.02. The van der Waals surface area contributed by atoms with Crippen LogP contribution in [0, 0.1) is 0 Å². The number of β-amino-alcohol motifs (C(OH)–C–C–N with tert-alkyl or cyclic N) is 1. The van der Waals surface area contributed by atoms with Crippen LogP contribution in [0.4, 0.5) is 0 Å². The summed E-state index contributed by atoms with van der Waals surface area (Å²) in [6.07, 6.45) is 0. The SMILES string of the molecule is CCOCc1cc2n(n1)CC(C)N(CCO)C2. The molecule has 0 aromatic carbocycles. The van der Waals surface area contributed by atoms with Gasteiger partial charge in [0.25, 0.3) is 0 Å². The first kappa shape index (κ1) is 12.5. The van der Waals surface area contributed by atoms with E-state index in [9.17, 15) is 0 Å². The molecule has 1 aromatic rings. The molecule has 0 radical (unpaired) electrons. The first-order valence-corrected chi connectivity index (χ1v) is 6.22. The normalized spacial score (nSPS) is 20.5. The molecule has 0 amide bonds. The van der Waals surface area contributed by atoms with Crippen LogP contribution in [0.25, 0.3) is 0 Å². The number of ether oxygens (including phenoxy) is 1. The van der Waals surface area contributed by atoms with Gasteiger partial charge in [0, 0.05) is 25.7 Å². The third-order valence-electron chi connectivity index (χ3n) is 3.18. The fraction of sp³-hybridized carbons (Fsp3) is 0.750. The summed E-state index contributed by atoms with van der Waals surface area (Å²) in [6.45, 7) is 8.16. The minimum Gasteiger partial charge on any atom is -0.395 e. The van der Waals surface area contributed by atoms with E-state index in [4.69, 9.17) is 9.84 Å². The number of aliphatic hydroxyl groups is 1. The van der Waals surface area contributed by atoms with Gasteiger partial charge in [-0.25, -0.2) is 0 Å². The summed E-state index contributed by atoms with van der Waals surface area (Å²) < 4.78 is 7.43. The van der Waals surface area contributed by atoms with Gasteiger partial charge in [-0.05, 0) is 19.9 Å². The van der Waals surface area contributed by atoms with Gasteiger partial charge in [-0.1, -0.05) is 0 Å². The molecule has 1 aliphatic rings. The average molecular weight is 239 g/mol. The van der Waals surface area contributed by atoms with E-state index in [-0.39, 0.29) is 6.61 Å². The summed E-state index contributed by atoms with van der Waals surface area (Å²) in [5.74, 6) is 0. The summed E-state index contributed by atoms with van der Waals surface area (Å²) in [6, 6.07) is 2.53. The van der Waals surface area contributed by atoms with E-state index in [1.807, 2.05) is 6.92 Å². The first-order valence-electron chi connectivity index (χ1n) is 6.22. The van der Waals surface area contributed by atoms with Crippen molar-refractivity contribution < 1.29 is 9.84 Å². The van der Waals surface area contributed by atoms with Gasteiger partial charge in [-0.3, -0.25) is 9.58 Å². The van der Waals surface area contributed by atoms with Crippen LogP contribution in [0.15, 0.2) is 6.07 Å². The number of aromatic nitrogens is 2. The molecule has 96 valence electrons. The molecule has 0 fully saturated rings. The molecule has 17 heavy (non-hydrogen) atoms. The van der Waals surface area contributed by atoms with Gasteiger partial charge in [0.2, 0.25) is 0 Å². The van der Waals surface area contributed by atoms with Gasteiger partial charge >= 0.3 is 0 Å². The van der Waals surface area contributed by atoms with Gasteiger partial charge in [0.1, 0.15) is 0 Å². The van der Waals surface area contributed by atoms with Gasteiger partial charge in [0.15, 0.2) is 0 Å². The topological polar surface area (TPSA) is 50.5 Å². The Hall–Kier alpha value is -0.910. The second-order valence-electron chi connectivity index (χ2n) is 4.49. The van der Waals surface area contributed by atoms with Gasteiger partial charge < -0.3 is 9.84 Å². The zero-order valence-corrected chi connectivity index (χ0v) is 10.6. The van der Waals surface area contributed by atoms with E-state index in [1.54, 1.807) is 0 Å². The minimum absolute atomic E-state index is 0.213. The number of hydrogen-bond donors (Lipinski definition) is 1. The zero-order chi connectivity index (χ0) is 12.3. The van der Waals surface area contributed by atoms with Crippen LogP contribution in [-0.4, -0.2) is 45.6 Å². The number of fused-ring (bicyclic) bond motifs is 1. The smallest absolute Gasteiger partial charge is 0.0906 e. The van der Waals surface area contributed by atoms with Gasteiger partial charge in [-0.2, -0.15) is 5.10 Å². The van der Waals surface area contributed by atoms with Crippen molar-refractivity contribution in [2.45, 2.75) is 39.6 Å². The Morgan fingerprint density at radius 1 is 1.59 bits per heavy atom. The maximum Gasteiger partial charge on any atom is 0.0906 e. The van der Waals surface area contributed by atoms with Crippen molar-refractivity contribution >= 4 is 0 Å². The predicted octanol–water partition coefficient (Wildman–Crippen LogP) is 0.616. The highest BCUT2D eigenvalue weighted by Gasteiger charge is 2.23. The van der Waals surface area contributed by atoms with E-state index in [2.05, 4.69) is 27.7 Å². The van der Waals surface area contributed by atoms with E-state index in [0.717, 1.165) is 31.9 Å². The Kier molecular flexibility index (Phi) is 4.15. The Morgan fingerprint density at radius 2 is 2.41 bits per heavy atom. The van der Waals surface area contributed by atoms with Crippen LogP contribution in [0.2, 0.25) is 0 Å². The molecule has 2 rings (SSSR count). The van der Waals surface area contributed by atoms with Crippen LogP contribution < -0.4 is 0 Å². The van der Waals surface area contributed by atoms with Crippen LogP contribution in [-0.2, 0) is 24.4 Å². The lowest BCUT2D eigenvalue weighted by Crippen LogP contribution is -2.42. The molecule has 0 saturated heterocycles. The van der Waals surface area contributed by atoms with Crippen molar-refractivity contribution in [3.63, 3.8) is 0 Å². The van der Waals surface area contributed by atoms with E-state index >= 15 is 0 Å². The summed E-state index contributed by atoms with van der Waals surface area (Å²) >= 11 is 0. The Bertz CT molecular complexity index is 365. The largest absolute Gasteiger partial charge is 0.395 e. The molecular formula is C12H21N3O2. The van der Waals surface area contributed by atoms with E-state index in [1.165, 1.54) is 5.69 Å². The van der Waals surface area contributed by atoms with Crippen molar-refractivity contribution in [2.24, 2.45) is 0 Å². The van der Waals surface area contributed by atoms with E-state index in [0.29, 0.717) is 12.6 Å². The van der Waals surface area contributed by atoms with Crippen molar-refractivity contribution in [3.05, 3.63) is 17.5 Å². The molecule has 0 bridgehead atoms. The highest BCUT2D eigenvalue weighted by Crippen LogP contribution is 2.18. The standard InChI is InChI=1S/C12H21N3O2/c1-3-17-9-11-6-12-8-14(4-5-16)10(2)7-15(12)13-11/h6,10,16H,3-5,7-9H2,1-2H3. The quantitative estimate of drug-likeness (QED) is 0.818. The molecular weight excluding hydrogens is 218 g/mol. The van der Waals surface area contributed by atoms with Crippen molar-refractivity contribution in [3.8, 4) is 0 Å². The number of rotatable bonds is 5. The zero-order valence-electron chi connectivity index (χ0n) is 10.6. The van der Waals surface area contributed by atoms with Crippen LogP contribution >= 0.6 is 0 Å². The predicted molar refractivity (Wildman–Crippen MR) is 64.5 cm³/mol. The van der Waals surface area contributed by atoms with E-state index < -0.39 is 0 Å². The number of hydrogen-bond acceptors (Lipinski definition) is 4. The van der Waals surface area contributed by atoms with Crippen molar-refractivity contribution in [1.82, 2.24) is 14.7 Å². The molecule has 1 aromatic heterocycles. The lowest BCUT2D eigenvalue weighted by molar-refractivity contribution is 0.113. The summed E-state index contributed by atoms with van der Waals surface area (Å²) in [5, 5.41) is 13.6. The van der Waals surface area contributed by atoms with Crippen LogP contribution in [0.1, 0.15) is 25.2 Å². The molecule has 0 spiro atoms. The lowest BCUT2D eigenvalue weighted by atomic mass is 10.2. The summed E-state index contributed by atoms with van der Waals surface area (Å²) in [4.78, 5) is 2.28. The molecule has 5 heteroatoms. The minimum atomic E-state index is 0.213. The Morgan fingerprint density at radius 3 is 3.12 bits per heavy atom. The monoisotopic (exact) mass is 239 g/mol. The molecule has 1 unspecified atom stereocenters. The molecule has 1 aliphatic heterocycles. The third kappa shape index (κ3) is 2.86. The molecule has 0 saturated carbocycles. The molecule has 0 aliphatic carbocycles. The molecule has 5 nitrogen and oxygen atoms in total. The summed E-state index contributed by atoms with van der Waals surface area (Å²) in [5.41, 5.74) is 2.21. The van der Waals surface area contributed by atoms with Crippen LogP contribution in [0.5, 0.6) is 0 Å². The lowest BCUT2D eigenvalue weighted by Gasteiger charge is -2.33. The number of aliphatic hydroxyl groups excluding tert-OH is 1. The summed E-state index contributed by atoms with van der Waals surface area (Å²) in [7, 11) is 0. The van der Waals surface area contributed by atoms with Gasteiger partial charge in [0.05, 0.1) is 31.1 Å². The van der Waals surface area contributed by atoms with Crippen molar-refractivity contribution in [2.75, 3.05) is 19.8 Å². The highest BCUT2D eigenvalue weighted by atomic mass is 16.5. The fourth-order valence-corrected chi connectivity index (χ4v) is 2.24. The molecule has 1 N–H and O–H groups in total. The Labute approximate surface area is 102 Å².